The Hall–Kier alpha value is -3.14. The van der Waals surface area contributed by atoms with Crippen LogP contribution in [0.3, 0.4) is 0 Å². The number of hydrogen-bond donors (Lipinski definition) is 2. The first-order valence-electron chi connectivity index (χ1n) is 8.80. The summed E-state index contributed by atoms with van der Waals surface area (Å²) >= 11 is 0. The van der Waals surface area contributed by atoms with E-state index < -0.39 is 5.54 Å². The van der Waals surface area contributed by atoms with E-state index in [0.29, 0.717) is 28.3 Å². The molecule has 1 aliphatic carbocycles. The number of anilines is 2. The lowest BCUT2D eigenvalue weighted by molar-refractivity contribution is 0.0522. The van der Waals surface area contributed by atoms with E-state index in [4.69, 9.17) is 5.73 Å². The van der Waals surface area contributed by atoms with Crippen molar-refractivity contribution in [2.45, 2.75) is 44.6 Å². The van der Waals surface area contributed by atoms with Crippen LogP contribution in [0.15, 0.2) is 24.5 Å². The van der Waals surface area contributed by atoms with Crippen LogP contribution in [-0.2, 0) is 5.54 Å². The molecule has 2 heterocycles. The summed E-state index contributed by atoms with van der Waals surface area (Å²) in [7, 11) is 0. The van der Waals surface area contributed by atoms with Crippen LogP contribution >= 0.6 is 0 Å². The molecular weight excluding hydrogens is 328 g/mol. The molecule has 1 aliphatic heterocycles. The lowest BCUT2D eigenvalue weighted by atomic mass is 9.76. The number of carbonyl (C=O) groups excluding carboxylic acids is 1. The molecule has 2 aliphatic rings. The van der Waals surface area contributed by atoms with Crippen LogP contribution in [0.4, 0.5) is 11.6 Å². The zero-order valence-electron chi connectivity index (χ0n) is 14.6. The molecule has 1 amide bonds. The largest absolute Gasteiger partial charge is 0.383 e. The Balaban J connectivity index is 1.85. The Morgan fingerprint density at radius 2 is 2.04 bits per heavy atom. The summed E-state index contributed by atoms with van der Waals surface area (Å²) in [6, 6.07) is 7.70. The van der Waals surface area contributed by atoms with Crippen molar-refractivity contribution >= 4 is 17.5 Å². The van der Waals surface area contributed by atoms with E-state index in [1.165, 1.54) is 6.33 Å². The van der Waals surface area contributed by atoms with Crippen LogP contribution in [0.2, 0.25) is 0 Å². The Labute approximate surface area is 151 Å². The minimum Gasteiger partial charge on any atom is -0.383 e. The molecule has 7 heteroatoms. The number of nitrogens with two attached hydrogens (primary N) is 1. The van der Waals surface area contributed by atoms with Crippen molar-refractivity contribution < 1.29 is 4.79 Å². The molecule has 0 radical (unpaired) electrons. The zero-order chi connectivity index (χ0) is 18.3. The van der Waals surface area contributed by atoms with E-state index in [2.05, 4.69) is 21.5 Å². The molecular formula is C19H20N6O. The predicted molar refractivity (Wildman–Crippen MR) is 96.9 cm³/mol. The highest BCUT2D eigenvalue weighted by molar-refractivity contribution is 6.03. The number of amides is 1. The number of carbonyl (C=O) groups is 1. The van der Waals surface area contributed by atoms with Crippen LogP contribution < -0.4 is 11.2 Å². The summed E-state index contributed by atoms with van der Waals surface area (Å²) in [5.41, 5.74) is 11.2. The van der Waals surface area contributed by atoms with Gasteiger partial charge in [0.25, 0.3) is 5.91 Å². The van der Waals surface area contributed by atoms with Gasteiger partial charge in [-0.3, -0.25) is 10.2 Å². The molecule has 0 saturated heterocycles. The van der Waals surface area contributed by atoms with Gasteiger partial charge in [-0.1, -0.05) is 31.4 Å². The molecule has 1 spiro atoms. The molecule has 2 aromatic rings. The Kier molecular flexibility index (Phi) is 3.76. The Bertz CT molecular complexity index is 926. The van der Waals surface area contributed by atoms with E-state index in [1.807, 2.05) is 19.1 Å². The molecule has 4 rings (SSSR count). The standard InChI is InChI=1S/C19H20N6O/c1-12-16(21)22-11-23-17(12)24-25-18(26)15-13(10-20)6-5-7-14(15)19(25)8-3-2-4-9-19/h5-7,11H,2-4,8-9H2,1H3,(H3,21,22,23,24). The summed E-state index contributed by atoms with van der Waals surface area (Å²) in [4.78, 5) is 21.5. The van der Waals surface area contributed by atoms with Gasteiger partial charge in [0.15, 0.2) is 5.82 Å². The number of benzene rings is 1. The summed E-state index contributed by atoms with van der Waals surface area (Å²) in [5.74, 6) is 0.708. The predicted octanol–water partition coefficient (Wildman–Crippen LogP) is 2.88. The zero-order valence-corrected chi connectivity index (χ0v) is 14.6. The highest BCUT2D eigenvalue weighted by Gasteiger charge is 2.51. The highest BCUT2D eigenvalue weighted by Crippen LogP contribution is 2.49. The van der Waals surface area contributed by atoms with Crippen molar-refractivity contribution in [3.8, 4) is 6.07 Å². The summed E-state index contributed by atoms with van der Waals surface area (Å²) in [6.45, 7) is 1.82. The Morgan fingerprint density at radius 3 is 2.77 bits per heavy atom. The molecule has 1 fully saturated rings. The first-order valence-corrected chi connectivity index (χ1v) is 8.80. The van der Waals surface area contributed by atoms with E-state index in [1.54, 1.807) is 11.1 Å². The van der Waals surface area contributed by atoms with Crippen molar-refractivity contribution in [1.82, 2.24) is 15.0 Å². The SMILES string of the molecule is Cc1c(N)ncnc1NN1C(=O)c2c(C#N)cccc2C12CCCCC2. The van der Waals surface area contributed by atoms with Crippen molar-refractivity contribution in [2.24, 2.45) is 0 Å². The third kappa shape index (κ3) is 2.22. The fraction of sp³-hybridized carbons (Fsp3) is 0.368. The fourth-order valence-corrected chi connectivity index (χ4v) is 4.16. The van der Waals surface area contributed by atoms with Gasteiger partial charge in [-0.15, -0.1) is 0 Å². The van der Waals surface area contributed by atoms with Gasteiger partial charge < -0.3 is 5.73 Å². The van der Waals surface area contributed by atoms with Gasteiger partial charge in [-0.2, -0.15) is 5.26 Å². The van der Waals surface area contributed by atoms with Gasteiger partial charge in [-0.25, -0.2) is 15.0 Å². The third-order valence-corrected chi connectivity index (χ3v) is 5.55. The van der Waals surface area contributed by atoms with Gasteiger partial charge in [-0.05, 0) is 31.4 Å². The van der Waals surface area contributed by atoms with Gasteiger partial charge in [0.2, 0.25) is 0 Å². The van der Waals surface area contributed by atoms with Gasteiger partial charge in [0.1, 0.15) is 12.1 Å². The normalized spacial score (nSPS) is 17.8. The summed E-state index contributed by atoms with van der Waals surface area (Å²) < 4.78 is 0. The lowest BCUT2D eigenvalue weighted by Crippen LogP contribution is -2.48. The average molecular weight is 348 g/mol. The minimum absolute atomic E-state index is 0.185. The van der Waals surface area contributed by atoms with E-state index >= 15 is 0 Å². The van der Waals surface area contributed by atoms with Crippen molar-refractivity contribution in [3.63, 3.8) is 0 Å². The second kappa shape index (κ2) is 5.99. The molecule has 0 unspecified atom stereocenters. The second-order valence-corrected chi connectivity index (χ2v) is 6.92. The minimum atomic E-state index is -0.455. The molecule has 1 saturated carbocycles. The van der Waals surface area contributed by atoms with Gasteiger partial charge in [0, 0.05) is 5.56 Å². The average Bonchev–Trinajstić information content (AvgIpc) is 2.89. The first kappa shape index (κ1) is 16.3. The molecule has 3 N–H and O–H groups in total. The number of fused-ring (bicyclic) bond motifs is 2. The molecule has 26 heavy (non-hydrogen) atoms. The maximum atomic E-state index is 13.3. The van der Waals surface area contributed by atoms with Gasteiger partial charge in [0.05, 0.1) is 22.7 Å². The van der Waals surface area contributed by atoms with Crippen LogP contribution in [0.25, 0.3) is 0 Å². The summed E-state index contributed by atoms with van der Waals surface area (Å²) in [5, 5.41) is 11.2. The molecule has 1 aromatic heterocycles. The Morgan fingerprint density at radius 1 is 1.27 bits per heavy atom. The van der Waals surface area contributed by atoms with Gasteiger partial charge >= 0.3 is 0 Å². The second-order valence-electron chi connectivity index (χ2n) is 6.92. The molecule has 132 valence electrons. The topological polar surface area (TPSA) is 108 Å². The number of nitrogens with one attached hydrogen (secondary N) is 1. The number of rotatable bonds is 2. The monoisotopic (exact) mass is 348 g/mol. The van der Waals surface area contributed by atoms with E-state index in [9.17, 15) is 10.1 Å². The van der Waals surface area contributed by atoms with Crippen molar-refractivity contribution in [3.05, 3.63) is 46.8 Å². The van der Waals surface area contributed by atoms with Crippen LogP contribution in [0, 0.1) is 18.3 Å². The van der Waals surface area contributed by atoms with Crippen LogP contribution in [0.5, 0.6) is 0 Å². The maximum Gasteiger partial charge on any atom is 0.274 e. The number of hydrazine groups is 1. The van der Waals surface area contributed by atoms with Crippen LogP contribution in [0.1, 0.15) is 59.2 Å². The number of hydrogen-bond acceptors (Lipinski definition) is 6. The summed E-state index contributed by atoms with van der Waals surface area (Å²) in [6.07, 6.45) is 6.31. The third-order valence-electron chi connectivity index (χ3n) is 5.55. The van der Waals surface area contributed by atoms with Crippen molar-refractivity contribution in [1.29, 1.82) is 5.26 Å². The van der Waals surface area contributed by atoms with Crippen molar-refractivity contribution in [2.75, 3.05) is 11.2 Å². The van der Waals surface area contributed by atoms with E-state index in [-0.39, 0.29) is 5.91 Å². The molecule has 7 nitrogen and oxygen atoms in total. The number of nitrogens with zero attached hydrogens (tertiary/aromatic N) is 4. The number of aromatic nitrogens is 2. The quantitative estimate of drug-likeness (QED) is 0.864. The van der Waals surface area contributed by atoms with E-state index in [0.717, 1.165) is 37.7 Å². The van der Waals surface area contributed by atoms with Crippen LogP contribution in [-0.4, -0.2) is 20.9 Å². The lowest BCUT2D eigenvalue weighted by Gasteiger charge is -2.42. The smallest absolute Gasteiger partial charge is 0.274 e. The number of nitrogen functional groups attached to an aromatic ring is 1. The molecule has 1 aromatic carbocycles. The molecule has 0 bridgehead atoms. The highest BCUT2D eigenvalue weighted by atomic mass is 16.2. The fourth-order valence-electron chi connectivity index (χ4n) is 4.16. The number of nitriles is 1. The first-order chi connectivity index (χ1) is 12.6. The molecule has 0 atom stereocenters. The maximum absolute atomic E-state index is 13.3.